The molecule has 32 heavy (non-hydrogen) atoms. The van der Waals surface area contributed by atoms with Crippen molar-refractivity contribution < 1.29 is 9.21 Å². The molecule has 1 unspecified atom stereocenters. The van der Waals surface area contributed by atoms with Crippen LogP contribution in [-0.2, 0) is 13.5 Å². The Balaban J connectivity index is 1.41. The number of carbonyl (C=O) groups excluding carboxylic acids is 1. The Morgan fingerprint density at radius 3 is 2.94 bits per heavy atom. The van der Waals surface area contributed by atoms with E-state index >= 15 is 0 Å². The summed E-state index contributed by atoms with van der Waals surface area (Å²) in [6.45, 7) is 2.55. The Morgan fingerprint density at radius 1 is 1.22 bits per heavy atom. The molecule has 1 atom stereocenters. The van der Waals surface area contributed by atoms with E-state index in [4.69, 9.17) is 9.52 Å². The molecule has 1 amide bonds. The van der Waals surface area contributed by atoms with E-state index < -0.39 is 6.04 Å². The van der Waals surface area contributed by atoms with Crippen molar-refractivity contribution in [1.82, 2.24) is 39.2 Å². The van der Waals surface area contributed by atoms with Crippen molar-refractivity contribution in [1.29, 1.82) is 0 Å². The fourth-order valence-corrected chi connectivity index (χ4v) is 4.27. The van der Waals surface area contributed by atoms with E-state index in [1.165, 1.54) is 6.20 Å². The van der Waals surface area contributed by atoms with Gasteiger partial charge in [-0.1, -0.05) is 6.07 Å². The van der Waals surface area contributed by atoms with Gasteiger partial charge >= 0.3 is 0 Å². The Bertz CT molecular complexity index is 1460. The lowest BCUT2D eigenvalue weighted by Crippen LogP contribution is -2.40. The minimum atomic E-state index is -0.430. The number of aryl methyl sites for hydroxylation is 2. The van der Waals surface area contributed by atoms with Gasteiger partial charge in [-0.25, -0.2) is 14.5 Å². The molecule has 0 spiro atoms. The summed E-state index contributed by atoms with van der Waals surface area (Å²) in [4.78, 5) is 27.3. The van der Waals surface area contributed by atoms with Crippen LogP contribution in [0.25, 0.3) is 17.1 Å². The summed E-state index contributed by atoms with van der Waals surface area (Å²) in [6, 6.07) is 7.37. The van der Waals surface area contributed by atoms with E-state index in [2.05, 4.69) is 20.1 Å². The number of rotatable bonds is 3. The van der Waals surface area contributed by atoms with Crippen LogP contribution >= 0.6 is 0 Å². The summed E-state index contributed by atoms with van der Waals surface area (Å²) in [5.74, 6) is 0.216. The lowest BCUT2D eigenvalue weighted by atomic mass is 9.99. The van der Waals surface area contributed by atoms with Crippen LogP contribution in [0.1, 0.15) is 39.2 Å². The number of nitrogens with one attached hydrogen (secondary N) is 1. The first-order valence-corrected chi connectivity index (χ1v) is 10.3. The van der Waals surface area contributed by atoms with Crippen molar-refractivity contribution in [3.05, 3.63) is 77.6 Å². The summed E-state index contributed by atoms with van der Waals surface area (Å²) in [5, 5.41) is 9.06. The first-order valence-electron chi connectivity index (χ1n) is 10.3. The number of fused-ring (bicyclic) bond motifs is 2. The summed E-state index contributed by atoms with van der Waals surface area (Å²) < 4.78 is 9.29. The minimum Gasteiger partial charge on any atom is -0.429 e. The number of oxazole rings is 1. The molecule has 0 saturated carbocycles. The van der Waals surface area contributed by atoms with Crippen LogP contribution < -0.4 is 0 Å². The molecule has 0 bridgehead atoms. The first kappa shape index (κ1) is 18.6. The molecule has 5 aromatic rings. The highest BCUT2D eigenvalue weighted by Crippen LogP contribution is 2.35. The fourth-order valence-electron chi connectivity index (χ4n) is 4.27. The van der Waals surface area contributed by atoms with Crippen LogP contribution in [0.4, 0.5) is 0 Å². The molecule has 0 fully saturated rings. The topological polar surface area (TPSA) is 110 Å². The third kappa shape index (κ3) is 2.83. The predicted octanol–water partition coefficient (Wildman–Crippen LogP) is 2.54. The van der Waals surface area contributed by atoms with Crippen molar-refractivity contribution in [3.8, 4) is 11.6 Å². The average molecular weight is 428 g/mol. The molecule has 1 N–H and O–H groups in total. The second-order valence-electron chi connectivity index (χ2n) is 7.91. The maximum atomic E-state index is 13.5. The monoisotopic (exact) mass is 428 g/mol. The molecule has 1 aliphatic rings. The van der Waals surface area contributed by atoms with Crippen LogP contribution in [-0.4, -0.2) is 51.7 Å². The molecule has 10 nitrogen and oxygen atoms in total. The number of pyridine rings is 1. The second kappa shape index (κ2) is 6.91. The third-order valence-electron chi connectivity index (χ3n) is 5.85. The smallest absolute Gasteiger partial charge is 0.292 e. The molecule has 0 aromatic carbocycles. The summed E-state index contributed by atoms with van der Waals surface area (Å²) >= 11 is 0. The van der Waals surface area contributed by atoms with Crippen LogP contribution in [0.15, 0.2) is 53.6 Å². The predicted molar refractivity (Wildman–Crippen MR) is 114 cm³/mol. The van der Waals surface area contributed by atoms with Crippen molar-refractivity contribution >= 4 is 11.4 Å². The van der Waals surface area contributed by atoms with E-state index in [-0.39, 0.29) is 11.7 Å². The Morgan fingerprint density at radius 2 is 2.12 bits per heavy atom. The number of hydrogen-bond acceptors (Lipinski definition) is 6. The molecule has 1 aliphatic heterocycles. The van der Waals surface area contributed by atoms with E-state index in [0.29, 0.717) is 24.6 Å². The SMILES string of the molecule is Cc1cccn2nc(C3c4nc[nH]c4CCN3C(=O)c3cnc(-c4ccn(C)n4)o3)cc12. The summed E-state index contributed by atoms with van der Waals surface area (Å²) in [7, 11) is 1.81. The summed E-state index contributed by atoms with van der Waals surface area (Å²) in [5.41, 5.74) is 5.25. The Hall–Kier alpha value is -4.21. The van der Waals surface area contributed by atoms with E-state index in [9.17, 15) is 4.79 Å². The van der Waals surface area contributed by atoms with Crippen LogP contribution in [0, 0.1) is 6.92 Å². The van der Waals surface area contributed by atoms with Gasteiger partial charge in [0, 0.05) is 38.1 Å². The minimum absolute atomic E-state index is 0.162. The zero-order valence-corrected chi connectivity index (χ0v) is 17.6. The highest BCUT2D eigenvalue weighted by molar-refractivity contribution is 5.92. The highest BCUT2D eigenvalue weighted by atomic mass is 16.4. The first-order chi connectivity index (χ1) is 15.6. The summed E-state index contributed by atoms with van der Waals surface area (Å²) in [6.07, 6.45) is 7.50. The van der Waals surface area contributed by atoms with Gasteiger partial charge in [0.2, 0.25) is 11.7 Å². The van der Waals surface area contributed by atoms with Gasteiger partial charge in [-0.15, -0.1) is 0 Å². The van der Waals surface area contributed by atoms with Gasteiger partial charge in [0.1, 0.15) is 11.7 Å². The maximum absolute atomic E-state index is 13.5. The molecule has 5 aromatic heterocycles. The highest BCUT2D eigenvalue weighted by Gasteiger charge is 2.37. The molecule has 10 heteroatoms. The van der Waals surface area contributed by atoms with Crippen LogP contribution in [0.3, 0.4) is 0 Å². The molecule has 0 aliphatic carbocycles. The average Bonchev–Trinajstić information content (AvgIpc) is 3.57. The third-order valence-corrected chi connectivity index (χ3v) is 5.85. The zero-order valence-electron chi connectivity index (χ0n) is 17.6. The maximum Gasteiger partial charge on any atom is 0.292 e. The number of amides is 1. The Labute approximate surface area is 182 Å². The molecular formula is C22H20N8O2. The molecule has 0 radical (unpaired) electrons. The molecule has 0 saturated heterocycles. The molecule has 6 heterocycles. The van der Waals surface area contributed by atoms with E-state index in [1.54, 1.807) is 28.2 Å². The quantitative estimate of drug-likeness (QED) is 0.473. The second-order valence-corrected chi connectivity index (χ2v) is 7.91. The number of aromatic nitrogens is 7. The largest absolute Gasteiger partial charge is 0.429 e. The van der Waals surface area contributed by atoms with E-state index in [0.717, 1.165) is 28.2 Å². The standard InChI is InChI=1S/C22H20N8O2/c1-13-4-3-7-30-17(13)10-16(27-30)20-19-14(24-12-25-19)6-9-29(20)22(31)18-11-23-21(32-18)15-5-8-28(2)26-15/h3-5,7-8,10-12,20H,6,9H2,1-2H3,(H,24,25). The lowest BCUT2D eigenvalue weighted by molar-refractivity contribution is 0.0655. The van der Waals surface area contributed by atoms with Gasteiger partial charge in [-0.3, -0.25) is 9.48 Å². The number of carbonyl (C=O) groups is 1. The normalized spacial score (nSPS) is 15.9. The van der Waals surface area contributed by atoms with Crippen molar-refractivity contribution in [2.45, 2.75) is 19.4 Å². The lowest BCUT2D eigenvalue weighted by Gasteiger charge is -2.33. The van der Waals surface area contributed by atoms with Crippen molar-refractivity contribution in [2.24, 2.45) is 7.05 Å². The van der Waals surface area contributed by atoms with Gasteiger partial charge in [-0.05, 0) is 30.7 Å². The number of H-pyrrole nitrogens is 1. The van der Waals surface area contributed by atoms with Gasteiger partial charge in [0.05, 0.1) is 29.4 Å². The fraction of sp³-hybridized carbons (Fsp3) is 0.227. The molecule has 6 rings (SSSR count). The van der Waals surface area contributed by atoms with Crippen molar-refractivity contribution in [3.63, 3.8) is 0 Å². The van der Waals surface area contributed by atoms with Gasteiger partial charge < -0.3 is 14.3 Å². The molecule has 160 valence electrons. The van der Waals surface area contributed by atoms with Crippen molar-refractivity contribution in [2.75, 3.05) is 6.54 Å². The zero-order chi connectivity index (χ0) is 21.8. The number of imidazole rings is 1. The number of nitrogens with zero attached hydrogens (tertiary/aromatic N) is 7. The number of hydrogen-bond donors (Lipinski definition) is 1. The van der Waals surface area contributed by atoms with Gasteiger partial charge in [-0.2, -0.15) is 10.2 Å². The van der Waals surface area contributed by atoms with Gasteiger partial charge in [0.15, 0.2) is 0 Å². The number of aromatic amines is 1. The van der Waals surface area contributed by atoms with Crippen LogP contribution in [0.2, 0.25) is 0 Å². The molecular weight excluding hydrogens is 408 g/mol. The van der Waals surface area contributed by atoms with E-state index in [1.807, 2.05) is 42.9 Å². The van der Waals surface area contributed by atoms with Crippen LogP contribution in [0.5, 0.6) is 0 Å². The van der Waals surface area contributed by atoms with Gasteiger partial charge in [0.25, 0.3) is 5.91 Å². The Kier molecular flexibility index (Phi) is 4.00.